The van der Waals surface area contributed by atoms with Crippen LogP contribution in [0.1, 0.15) is 18.0 Å². The maximum absolute atomic E-state index is 10.8. The first-order chi connectivity index (χ1) is 7.75. The minimum atomic E-state index is -0.736. The standard InChI is InChI=1S/C12H10N2O2/c15-12(16)9-6-8(9)11-5-7-3-1-2-4-10(7)13-14-11/h1-5,8-9H,6H2,(H,15,16). The van der Waals surface area contributed by atoms with E-state index in [4.69, 9.17) is 5.11 Å². The van der Waals surface area contributed by atoms with Crippen LogP contribution in [0, 0.1) is 5.92 Å². The summed E-state index contributed by atoms with van der Waals surface area (Å²) in [6, 6.07) is 9.65. The maximum atomic E-state index is 10.8. The quantitative estimate of drug-likeness (QED) is 0.828. The molecule has 1 fully saturated rings. The molecule has 4 nitrogen and oxygen atoms in total. The van der Waals surface area contributed by atoms with Crippen LogP contribution < -0.4 is 0 Å². The van der Waals surface area contributed by atoms with Crippen LogP contribution in [0.2, 0.25) is 0 Å². The molecule has 2 atom stereocenters. The smallest absolute Gasteiger partial charge is 0.307 e. The Bertz CT molecular complexity index is 568. The summed E-state index contributed by atoms with van der Waals surface area (Å²) in [7, 11) is 0. The molecular weight excluding hydrogens is 204 g/mol. The van der Waals surface area contributed by atoms with E-state index in [-0.39, 0.29) is 11.8 Å². The Morgan fingerprint density at radius 1 is 1.31 bits per heavy atom. The number of aromatic nitrogens is 2. The molecule has 80 valence electrons. The van der Waals surface area contributed by atoms with Crippen LogP contribution in [0.15, 0.2) is 30.3 Å². The number of aliphatic carboxylic acids is 1. The summed E-state index contributed by atoms with van der Waals surface area (Å²) in [5.41, 5.74) is 1.64. The highest BCUT2D eigenvalue weighted by molar-refractivity contribution is 5.79. The predicted molar refractivity (Wildman–Crippen MR) is 58.0 cm³/mol. The van der Waals surface area contributed by atoms with Gasteiger partial charge in [-0.1, -0.05) is 18.2 Å². The zero-order valence-corrected chi connectivity index (χ0v) is 8.50. The number of carboxylic acids is 1. The molecule has 2 unspecified atom stereocenters. The van der Waals surface area contributed by atoms with Gasteiger partial charge < -0.3 is 5.11 Å². The van der Waals surface area contributed by atoms with E-state index >= 15 is 0 Å². The normalized spacial score (nSPS) is 23.2. The van der Waals surface area contributed by atoms with Crippen molar-refractivity contribution in [1.29, 1.82) is 0 Å². The van der Waals surface area contributed by atoms with E-state index in [0.717, 1.165) is 16.6 Å². The number of benzene rings is 1. The minimum Gasteiger partial charge on any atom is -0.481 e. The molecule has 1 heterocycles. The Balaban J connectivity index is 1.98. The minimum absolute atomic E-state index is 0.0506. The van der Waals surface area contributed by atoms with Gasteiger partial charge in [-0.15, -0.1) is 0 Å². The third-order valence-corrected chi connectivity index (χ3v) is 3.00. The summed E-state index contributed by atoms with van der Waals surface area (Å²) in [4.78, 5) is 10.8. The summed E-state index contributed by atoms with van der Waals surface area (Å²) >= 11 is 0. The molecule has 1 saturated carbocycles. The van der Waals surface area contributed by atoms with E-state index in [1.54, 1.807) is 0 Å². The first-order valence-corrected chi connectivity index (χ1v) is 5.21. The average Bonchev–Trinajstić information content (AvgIpc) is 3.08. The van der Waals surface area contributed by atoms with Crippen molar-refractivity contribution in [2.24, 2.45) is 5.92 Å². The van der Waals surface area contributed by atoms with Gasteiger partial charge in [0.05, 0.1) is 17.1 Å². The molecule has 0 amide bonds. The lowest BCUT2D eigenvalue weighted by atomic mass is 10.1. The third kappa shape index (κ3) is 1.43. The van der Waals surface area contributed by atoms with Crippen molar-refractivity contribution in [3.05, 3.63) is 36.0 Å². The zero-order chi connectivity index (χ0) is 11.1. The van der Waals surface area contributed by atoms with Gasteiger partial charge in [0.25, 0.3) is 0 Å². The van der Waals surface area contributed by atoms with Crippen molar-refractivity contribution in [3.8, 4) is 0 Å². The molecule has 0 spiro atoms. The van der Waals surface area contributed by atoms with Crippen LogP contribution in [-0.4, -0.2) is 21.3 Å². The summed E-state index contributed by atoms with van der Waals surface area (Å²) in [5, 5.41) is 18.0. The number of nitrogens with zero attached hydrogens (tertiary/aromatic N) is 2. The fourth-order valence-corrected chi connectivity index (χ4v) is 1.98. The van der Waals surface area contributed by atoms with Crippen LogP contribution in [0.25, 0.3) is 10.9 Å². The highest BCUT2D eigenvalue weighted by atomic mass is 16.4. The maximum Gasteiger partial charge on any atom is 0.307 e. The molecule has 0 radical (unpaired) electrons. The van der Waals surface area contributed by atoms with Crippen LogP contribution >= 0.6 is 0 Å². The van der Waals surface area contributed by atoms with E-state index in [9.17, 15) is 4.79 Å². The number of fused-ring (bicyclic) bond motifs is 1. The zero-order valence-electron chi connectivity index (χ0n) is 8.50. The fourth-order valence-electron chi connectivity index (χ4n) is 1.98. The summed E-state index contributed by atoms with van der Waals surface area (Å²) in [5.74, 6) is -0.954. The van der Waals surface area contributed by atoms with Crippen LogP contribution in [0.5, 0.6) is 0 Å². The van der Waals surface area contributed by atoms with Gasteiger partial charge in [0.2, 0.25) is 0 Å². The molecular formula is C12H10N2O2. The number of hydrogen-bond donors (Lipinski definition) is 1. The molecule has 0 saturated heterocycles. The molecule has 16 heavy (non-hydrogen) atoms. The highest BCUT2D eigenvalue weighted by Crippen LogP contribution is 2.46. The largest absolute Gasteiger partial charge is 0.481 e. The second-order valence-corrected chi connectivity index (χ2v) is 4.11. The molecule has 3 rings (SSSR count). The molecule has 0 aliphatic heterocycles. The van der Waals surface area contributed by atoms with E-state index in [1.165, 1.54) is 0 Å². The number of rotatable bonds is 2. The van der Waals surface area contributed by atoms with E-state index in [2.05, 4.69) is 10.2 Å². The van der Waals surface area contributed by atoms with E-state index in [0.29, 0.717) is 6.42 Å². The Morgan fingerprint density at radius 2 is 2.12 bits per heavy atom. The van der Waals surface area contributed by atoms with Gasteiger partial charge in [-0.3, -0.25) is 4.79 Å². The summed E-state index contributed by atoms with van der Waals surface area (Å²) in [6.45, 7) is 0. The van der Waals surface area contributed by atoms with Crippen molar-refractivity contribution < 1.29 is 9.90 Å². The van der Waals surface area contributed by atoms with Crippen molar-refractivity contribution in [2.45, 2.75) is 12.3 Å². The average molecular weight is 214 g/mol. The first-order valence-electron chi connectivity index (χ1n) is 5.21. The van der Waals surface area contributed by atoms with Gasteiger partial charge in [0.15, 0.2) is 0 Å². The first kappa shape index (κ1) is 9.27. The predicted octanol–water partition coefficient (Wildman–Crippen LogP) is 1.82. The van der Waals surface area contributed by atoms with Crippen LogP contribution in [0.3, 0.4) is 0 Å². The Kier molecular flexibility index (Phi) is 1.89. The van der Waals surface area contributed by atoms with Crippen molar-refractivity contribution in [1.82, 2.24) is 10.2 Å². The van der Waals surface area contributed by atoms with E-state index < -0.39 is 5.97 Å². The number of hydrogen-bond acceptors (Lipinski definition) is 3. The molecule has 1 aliphatic rings. The van der Waals surface area contributed by atoms with Gasteiger partial charge in [-0.05, 0) is 18.6 Å². The van der Waals surface area contributed by atoms with E-state index in [1.807, 2.05) is 30.3 Å². The third-order valence-electron chi connectivity index (χ3n) is 3.00. The lowest BCUT2D eigenvalue weighted by Gasteiger charge is -1.99. The Hall–Kier alpha value is -1.97. The molecule has 1 aromatic heterocycles. The monoisotopic (exact) mass is 214 g/mol. The van der Waals surface area contributed by atoms with Gasteiger partial charge in [0, 0.05) is 11.3 Å². The van der Waals surface area contributed by atoms with Gasteiger partial charge in [0.1, 0.15) is 0 Å². The lowest BCUT2D eigenvalue weighted by molar-refractivity contribution is -0.138. The number of carboxylic acid groups (broad SMARTS) is 1. The van der Waals surface area contributed by atoms with Crippen molar-refractivity contribution in [3.63, 3.8) is 0 Å². The molecule has 1 aliphatic carbocycles. The second kappa shape index (κ2) is 3.27. The summed E-state index contributed by atoms with van der Waals surface area (Å²) < 4.78 is 0. The van der Waals surface area contributed by atoms with Crippen molar-refractivity contribution in [2.75, 3.05) is 0 Å². The fraction of sp³-hybridized carbons (Fsp3) is 0.250. The highest BCUT2D eigenvalue weighted by Gasteiger charge is 2.45. The second-order valence-electron chi connectivity index (χ2n) is 4.11. The van der Waals surface area contributed by atoms with Crippen molar-refractivity contribution >= 4 is 16.9 Å². The van der Waals surface area contributed by atoms with Crippen LogP contribution in [-0.2, 0) is 4.79 Å². The van der Waals surface area contributed by atoms with Gasteiger partial charge in [-0.2, -0.15) is 10.2 Å². The Morgan fingerprint density at radius 3 is 2.88 bits per heavy atom. The summed E-state index contributed by atoms with van der Waals surface area (Å²) in [6.07, 6.45) is 0.683. The molecule has 0 bridgehead atoms. The molecule has 2 aromatic rings. The molecule has 1 aromatic carbocycles. The number of carbonyl (C=O) groups is 1. The lowest BCUT2D eigenvalue weighted by Crippen LogP contribution is -2.00. The van der Waals surface area contributed by atoms with Gasteiger partial charge in [-0.25, -0.2) is 0 Å². The topological polar surface area (TPSA) is 63.1 Å². The Labute approximate surface area is 91.9 Å². The molecule has 1 N–H and O–H groups in total. The van der Waals surface area contributed by atoms with Crippen LogP contribution in [0.4, 0.5) is 0 Å². The van der Waals surface area contributed by atoms with Gasteiger partial charge >= 0.3 is 5.97 Å². The SMILES string of the molecule is O=C(O)C1CC1c1cc2ccccc2nn1. The molecule has 4 heteroatoms.